The Bertz CT molecular complexity index is 245. The molecule has 1 aliphatic heterocycles. The van der Waals surface area contributed by atoms with Gasteiger partial charge in [-0.1, -0.05) is 24.6 Å². The Labute approximate surface area is 94.5 Å². The van der Waals surface area contributed by atoms with E-state index in [2.05, 4.69) is 4.90 Å². The van der Waals surface area contributed by atoms with Crippen LogP contribution in [0.25, 0.3) is 0 Å². The molecule has 0 spiro atoms. The molecule has 0 bridgehead atoms. The van der Waals surface area contributed by atoms with E-state index in [1.807, 2.05) is 13.0 Å². The van der Waals surface area contributed by atoms with Crippen molar-refractivity contribution < 1.29 is 14.6 Å². The number of likely N-dealkylation sites (N-methyl/N-ethyl adjacent to an activating group) is 1. The van der Waals surface area contributed by atoms with E-state index < -0.39 is 11.9 Å². The van der Waals surface area contributed by atoms with Gasteiger partial charge in [0.05, 0.1) is 19.1 Å². The van der Waals surface area contributed by atoms with Gasteiger partial charge in [0.1, 0.15) is 0 Å². The average molecular weight is 234 g/mol. The zero-order chi connectivity index (χ0) is 11.3. The van der Waals surface area contributed by atoms with Gasteiger partial charge >= 0.3 is 5.97 Å². The Kier molecular flexibility index (Phi) is 5.08. The van der Waals surface area contributed by atoms with Gasteiger partial charge in [-0.3, -0.25) is 9.69 Å². The highest BCUT2D eigenvalue weighted by molar-refractivity contribution is 6.25. The van der Waals surface area contributed by atoms with Crippen LogP contribution in [-0.2, 0) is 9.53 Å². The van der Waals surface area contributed by atoms with Gasteiger partial charge in [-0.15, -0.1) is 0 Å². The number of carboxylic acid groups (broad SMARTS) is 1. The predicted octanol–water partition coefficient (Wildman–Crippen LogP) is 1.16. The van der Waals surface area contributed by atoms with Crippen molar-refractivity contribution in [2.24, 2.45) is 5.92 Å². The van der Waals surface area contributed by atoms with E-state index in [-0.39, 0.29) is 6.04 Å². The Balaban J connectivity index is 2.61. The lowest BCUT2D eigenvalue weighted by Gasteiger charge is -2.27. The predicted molar refractivity (Wildman–Crippen MR) is 58.0 cm³/mol. The SMILES string of the molecule is CCN(CC=CCl)C1COCC1C(=O)O. The average Bonchev–Trinajstić information content (AvgIpc) is 2.68. The molecule has 1 saturated heterocycles. The second-order valence-electron chi connectivity index (χ2n) is 3.50. The smallest absolute Gasteiger partial charge is 0.310 e. The largest absolute Gasteiger partial charge is 0.481 e. The van der Waals surface area contributed by atoms with Crippen LogP contribution in [0.3, 0.4) is 0 Å². The first kappa shape index (κ1) is 12.5. The van der Waals surface area contributed by atoms with Crippen molar-refractivity contribution in [3.63, 3.8) is 0 Å². The van der Waals surface area contributed by atoms with Gasteiger partial charge in [-0.05, 0) is 6.54 Å². The number of hydrogen-bond acceptors (Lipinski definition) is 3. The van der Waals surface area contributed by atoms with Gasteiger partial charge in [-0.25, -0.2) is 0 Å². The summed E-state index contributed by atoms with van der Waals surface area (Å²) in [6.07, 6.45) is 1.81. The first-order valence-corrected chi connectivity index (χ1v) is 5.44. The van der Waals surface area contributed by atoms with E-state index >= 15 is 0 Å². The maximum Gasteiger partial charge on any atom is 0.310 e. The van der Waals surface area contributed by atoms with Gasteiger partial charge in [-0.2, -0.15) is 0 Å². The van der Waals surface area contributed by atoms with Crippen LogP contribution in [0, 0.1) is 5.92 Å². The van der Waals surface area contributed by atoms with Crippen LogP contribution in [0.5, 0.6) is 0 Å². The summed E-state index contributed by atoms with van der Waals surface area (Å²) in [5.74, 6) is -1.21. The zero-order valence-corrected chi connectivity index (χ0v) is 9.48. The first-order chi connectivity index (χ1) is 7.20. The summed E-state index contributed by atoms with van der Waals surface area (Å²) in [6, 6.07) is -0.0413. The fourth-order valence-corrected chi connectivity index (χ4v) is 1.89. The molecule has 1 aliphatic rings. The van der Waals surface area contributed by atoms with Crippen LogP contribution in [0.15, 0.2) is 11.6 Å². The number of aliphatic carboxylic acids is 1. The fourth-order valence-electron chi connectivity index (χ4n) is 1.81. The molecule has 5 heteroatoms. The van der Waals surface area contributed by atoms with Crippen LogP contribution >= 0.6 is 11.6 Å². The highest BCUT2D eigenvalue weighted by atomic mass is 35.5. The summed E-state index contributed by atoms with van der Waals surface area (Å²) in [5, 5.41) is 9.00. The molecule has 1 heterocycles. The lowest BCUT2D eigenvalue weighted by atomic mass is 10.0. The third-order valence-corrected chi connectivity index (χ3v) is 2.85. The third kappa shape index (κ3) is 3.19. The van der Waals surface area contributed by atoms with Crippen molar-refractivity contribution in [2.75, 3.05) is 26.3 Å². The Morgan fingerprint density at radius 1 is 1.67 bits per heavy atom. The summed E-state index contributed by atoms with van der Waals surface area (Å²) >= 11 is 5.45. The normalized spacial score (nSPS) is 26.6. The number of rotatable bonds is 5. The molecule has 0 aromatic carbocycles. The molecule has 86 valence electrons. The molecule has 2 atom stereocenters. The van der Waals surface area contributed by atoms with Gasteiger partial charge in [0, 0.05) is 18.1 Å². The zero-order valence-electron chi connectivity index (χ0n) is 8.73. The Morgan fingerprint density at radius 2 is 2.40 bits per heavy atom. The van der Waals surface area contributed by atoms with Crippen LogP contribution in [-0.4, -0.2) is 48.3 Å². The number of carbonyl (C=O) groups is 1. The maximum absolute atomic E-state index is 11.0. The Morgan fingerprint density at radius 3 is 2.93 bits per heavy atom. The third-order valence-electron chi connectivity index (χ3n) is 2.67. The topological polar surface area (TPSA) is 49.8 Å². The molecule has 0 radical (unpaired) electrons. The van der Waals surface area contributed by atoms with Gasteiger partial charge < -0.3 is 9.84 Å². The molecule has 2 unspecified atom stereocenters. The van der Waals surface area contributed by atoms with Crippen LogP contribution in [0.2, 0.25) is 0 Å². The fraction of sp³-hybridized carbons (Fsp3) is 0.700. The van der Waals surface area contributed by atoms with Crippen molar-refractivity contribution in [3.8, 4) is 0 Å². The van der Waals surface area contributed by atoms with Crippen LogP contribution < -0.4 is 0 Å². The monoisotopic (exact) mass is 233 g/mol. The summed E-state index contributed by atoms with van der Waals surface area (Å²) in [6.45, 7) is 4.25. The van der Waals surface area contributed by atoms with E-state index in [1.165, 1.54) is 5.54 Å². The van der Waals surface area contributed by atoms with Crippen molar-refractivity contribution >= 4 is 17.6 Å². The molecular weight excluding hydrogens is 218 g/mol. The summed E-state index contributed by atoms with van der Waals surface area (Å²) in [7, 11) is 0. The summed E-state index contributed by atoms with van der Waals surface area (Å²) < 4.78 is 5.21. The molecule has 1 N–H and O–H groups in total. The summed E-state index contributed by atoms with van der Waals surface area (Å²) in [5.41, 5.74) is 1.45. The van der Waals surface area contributed by atoms with Crippen molar-refractivity contribution in [1.29, 1.82) is 0 Å². The standard InChI is InChI=1S/C10H16ClNO3/c1-2-12(5-3-4-11)9-7-15-6-8(9)10(13)14/h3-4,8-9H,2,5-7H2,1H3,(H,13,14). The van der Waals surface area contributed by atoms with E-state index in [4.69, 9.17) is 21.4 Å². The molecule has 0 aromatic heterocycles. The molecule has 0 saturated carbocycles. The molecule has 4 nitrogen and oxygen atoms in total. The molecule has 15 heavy (non-hydrogen) atoms. The molecule has 0 amide bonds. The van der Waals surface area contributed by atoms with Crippen molar-refractivity contribution in [3.05, 3.63) is 11.6 Å². The Hall–Kier alpha value is -0.580. The molecule has 1 rings (SSSR count). The van der Waals surface area contributed by atoms with Gasteiger partial charge in [0.2, 0.25) is 0 Å². The van der Waals surface area contributed by atoms with Crippen LogP contribution in [0.1, 0.15) is 6.92 Å². The van der Waals surface area contributed by atoms with Gasteiger partial charge in [0.15, 0.2) is 0 Å². The second-order valence-corrected chi connectivity index (χ2v) is 3.75. The number of nitrogens with zero attached hydrogens (tertiary/aromatic N) is 1. The van der Waals surface area contributed by atoms with E-state index in [0.29, 0.717) is 19.8 Å². The lowest BCUT2D eigenvalue weighted by Crippen LogP contribution is -2.43. The highest BCUT2D eigenvalue weighted by Crippen LogP contribution is 2.19. The maximum atomic E-state index is 11.0. The lowest BCUT2D eigenvalue weighted by molar-refractivity contribution is -0.143. The number of carboxylic acids is 1. The quantitative estimate of drug-likeness (QED) is 0.774. The highest BCUT2D eigenvalue weighted by Gasteiger charge is 2.36. The molecule has 0 aromatic rings. The molecular formula is C10H16ClNO3. The number of halogens is 1. The van der Waals surface area contributed by atoms with Crippen molar-refractivity contribution in [2.45, 2.75) is 13.0 Å². The second kappa shape index (κ2) is 6.10. The summed E-state index contributed by atoms with van der Waals surface area (Å²) in [4.78, 5) is 13.0. The molecule has 0 aliphatic carbocycles. The minimum atomic E-state index is -0.786. The minimum Gasteiger partial charge on any atom is -0.481 e. The number of ether oxygens (including phenoxy) is 1. The first-order valence-electron chi connectivity index (χ1n) is 5.00. The minimum absolute atomic E-state index is 0.0413. The van der Waals surface area contributed by atoms with E-state index in [0.717, 1.165) is 6.54 Å². The van der Waals surface area contributed by atoms with E-state index in [9.17, 15) is 4.79 Å². The van der Waals surface area contributed by atoms with E-state index in [1.54, 1.807) is 0 Å². The van der Waals surface area contributed by atoms with Crippen molar-refractivity contribution in [1.82, 2.24) is 4.90 Å². The molecule has 1 fully saturated rings. The van der Waals surface area contributed by atoms with Crippen LogP contribution in [0.4, 0.5) is 0 Å². The number of hydrogen-bond donors (Lipinski definition) is 1. The van der Waals surface area contributed by atoms with Gasteiger partial charge in [0.25, 0.3) is 0 Å².